The van der Waals surface area contributed by atoms with E-state index in [0.29, 0.717) is 6.07 Å². The molecule has 0 aliphatic rings. The van der Waals surface area contributed by atoms with Gasteiger partial charge in [-0.05, 0) is 18.2 Å². The van der Waals surface area contributed by atoms with E-state index >= 15 is 0 Å². The average Bonchev–Trinajstić information content (AvgIpc) is 2.33. The molecule has 8 nitrogen and oxygen atoms in total. The number of halogens is 1. The fourth-order valence-corrected chi connectivity index (χ4v) is 2.92. The van der Waals surface area contributed by atoms with Gasteiger partial charge in [-0.15, -0.1) is 0 Å². The van der Waals surface area contributed by atoms with Crippen LogP contribution in [-0.2, 0) is 29.6 Å². The first-order valence-corrected chi connectivity index (χ1v) is 8.64. The van der Waals surface area contributed by atoms with Crippen LogP contribution >= 0.6 is 0 Å². The van der Waals surface area contributed by atoms with Crippen LogP contribution < -0.4 is 9.86 Å². The zero-order valence-corrected chi connectivity index (χ0v) is 12.5. The van der Waals surface area contributed by atoms with E-state index in [4.69, 9.17) is 5.14 Å². The standard InChI is InChI=1S/C10H13FN2O6S2/c1-19-10(14)2-3-20(15,16)13-8-4-7(11)5-9(6-8)21(12,17)18/h4-6,13H,2-3H2,1H3,(H2,12,17,18). The third-order valence-electron chi connectivity index (χ3n) is 2.28. The summed E-state index contributed by atoms with van der Waals surface area (Å²) < 4.78 is 65.1. The topological polar surface area (TPSA) is 133 Å². The molecule has 0 amide bonds. The minimum atomic E-state index is -4.18. The van der Waals surface area contributed by atoms with Crippen LogP contribution in [0.1, 0.15) is 6.42 Å². The maximum atomic E-state index is 13.3. The van der Waals surface area contributed by atoms with E-state index in [2.05, 4.69) is 4.74 Å². The number of ether oxygens (including phenoxy) is 1. The number of hydrogen-bond acceptors (Lipinski definition) is 6. The molecule has 0 radical (unpaired) electrons. The van der Waals surface area contributed by atoms with Crippen LogP contribution in [0.2, 0.25) is 0 Å². The second-order valence-electron chi connectivity index (χ2n) is 3.97. The van der Waals surface area contributed by atoms with Gasteiger partial charge in [0.2, 0.25) is 20.0 Å². The predicted octanol–water partition coefficient (Wildman–Crippen LogP) is -0.222. The molecular formula is C10H13FN2O6S2. The van der Waals surface area contributed by atoms with E-state index < -0.39 is 48.9 Å². The first-order valence-electron chi connectivity index (χ1n) is 5.44. The highest BCUT2D eigenvalue weighted by molar-refractivity contribution is 7.92. The zero-order valence-electron chi connectivity index (χ0n) is 10.9. The SMILES string of the molecule is COC(=O)CCS(=O)(=O)Nc1cc(F)cc(S(N)(=O)=O)c1. The highest BCUT2D eigenvalue weighted by Crippen LogP contribution is 2.18. The lowest BCUT2D eigenvalue weighted by Gasteiger charge is -2.09. The van der Waals surface area contributed by atoms with E-state index in [1.54, 1.807) is 0 Å². The van der Waals surface area contributed by atoms with Crippen LogP contribution in [-0.4, -0.2) is 35.7 Å². The van der Waals surface area contributed by atoms with E-state index in [0.717, 1.165) is 19.2 Å². The Balaban J connectivity index is 2.97. The quantitative estimate of drug-likeness (QED) is 0.688. The summed E-state index contributed by atoms with van der Waals surface area (Å²) in [5.74, 6) is -2.31. The summed E-state index contributed by atoms with van der Waals surface area (Å²) in [5, 5.41) is 4.84. The fourth-order valence-electron chi connectivity index (χ4n) is 1.34. The number of sulfonamides is 2. The number of anilines is 1. The van der Waals surface area contributed by atoms with Crippen LogP contribution in [0, 0.1) is 5.82 Å². The number of hydrogen-bond donors (Lipinski definition) is 2. The van der Waals surface area contributed by atoms with Crippen molar-refractivity contribution < 1.29 is 30.8 Å². The second-order valence-corrected chi connectivity index (χ2v) is 7.37. The van der Waals surface area contributed by atoms with Crippen LogP contribution in [0.15, 0.2) is 23.1 Å². The number of rotatable bonds is 6. The van der Waals surface area contributed by atoms with Crippen molar-refractivity contribution in [1.29, 1.82) is 0 Å². The largest absolute Gasteiger partial charge is 0.469 e. The Morgan fingerprint density at radius 1 is 1.29 bits per heavy atom. The number of primary sulfonamides is 1. The van der Waals surface area contributed by atoms with E-state index in [9.17, 15) is 26.0 Å². The van der Waals surface area contributed by atoms with Gasteiger partial charge in [0.15, 0.2) is 0 Å². The first kappa shape index (κ1) is 17.3. The van der Waals surface area contributed by atoms with Crippen molar-refractivity contribution in [2.75, 3.05) is 17.6 Å². The molecule has 0 heterocycles. The molecule has 118 valence electrons. The molecule has 0 atom stereocenters. The second kappa shape index (κ2) is 6.37. The zero-order chi connectivity index (χ0) is 16.3. The van der Waals surface area contributed by atoms with Crippen molar-refractivity contribution in [3.63, 3.8) is 0 Å². The summed E-state index contributed by atoms with van der Waals surface area (Å²) in [6.45, 7) is 0. The van der Waals surface area contributed by atoms with Gasteiger partial charge in [-0.25, -0.2) is 26.4 Å². The van der Waals surface area contributed by atoms with Crippen molar-refractivity contribution in [2.45, 2.75) is 11.3 Å². The van der Waals surface area contributed by atoms with Crippen LogP contribution in [0.4, 0.5) is 10.1 Å². The average molecular weight is 340 g/mol. The molecule has 0 bridgehead atoms. The molecule has 0 saturated carbocycles. The van der Waals surface area contributed by atoms with E-state index in [-0.39, 0.29) is 5.69 Å². The predicted molar refractivity (Wildman–Crippen MR) is 71.8 cm³/mol. The normalized spacial score (nSPS) is 12.0. The third kappa shape index (κ3) is 5.65. The Morgan fingerprint density at radius 3 is 2.43 bits per heavy atom. The number of carbonyl (C=O) groups is 1. The Labute approximate surface area is 121 Å². The van der Waals surface area contributed by atoms with Crippen LogP contribution in [0.3, 0.4) is 0 Å². The molecule has 3 N–H and O–H groups in total. The maximum absolute atomic E-state index is 13.3. The smallest absolute Gasteiger partial charge is 0.306 e. The Hall–Kier alpha value is -1.72. The van der Waals surface area contributed by atoms with Crippen molar-refractivity contribution in [3.8, 4) is 0 Å². The van der Waals surface area contributed by atoms with Crippen LogP contribution in [0.25, 0.3) is 0 Å². The van der Waals surface area contributed by atoms with Gasteiger partial charge < -0.3 is 4.74 Å². The lowest BCUT2D eigenvalue weighted by atomic mass is 10.3. The molecular weight excluding hydrogens is 327 g/mol. The molecule has 11 heteroatoms. The highest BCUT2D eigenvalue weighted by Gasteiger charge is 2.16. The van der Waals surface area contributed by atoms with Crippen molar-refractivity contribution >= 4 is 31.7 Å². The number of methoxy groups -OCH3 is 1. The summed E-state index contributed by atoms with van der Waals surface area (Å²) in [5.41, 5.74) is -0.316. The molecule has 0 unspecified atom stereocenters. The molecule has 0 aliphatic carbocycles. The molecule has 21 heavy (non-hydrogen) atoms. The summed E-state index contributed by atoms with van der Waals surface area (Å²) in [4.78, 5) is 10.3. The van der Waals surface area contributed by atoms with Crippen molar-refractivity contribution in [1.82, 2.24) is 0 Å². The van der Waals surface area contributed by atoms with Crippen molar-refractivity contribution in [2.24, 2.45) is 5.14 Å². The lowest BCUT2D eigenvalue weighted by Crippen LogP contribution is -2.20. The van der Waals surface area contributed by atoms with E-state index in [1.165, 1.54) is 0 Å². The van der Waals surface area contributed by atoms with Gasteiger partial charge in [0.05, 0.1) is 29.9 Å². The molecule has 0 aromatic heterocycles. The third-order valence-corrected chi connectivity index (χ3v) is 4.46. The van der Waals surface area contributed by atoms with Gasteiger partial charge in [0.1, 0.15) is 5.82 Å². The van der Waals surface area contributed by atoms with Gasteiger partial charge in [-0.3, -0.25) is 9.52 Å². The van der Waals surface area contributed by atoms with Gasteiger partial charge in [0.25, 0.3) is 0 Å². The van der Waals surface area contributed by atoms with Gasteiger partial charge in [0, 0.05) is 0 Å². The fraction of sp³-hybridized carbons (Fsp3) is 0.300. The van der Waals surface area contributed by atoms with Crippen molar-refractivity contribution in [3.05, 3.63) is 24.0 Å². The number of nitrogens with two attached hydrogens (primary N) is 1. The number of benzene rings is 1. The lowest BCUT2D eigenvalue weighted by molar-refractivity contribution is -0.140. The summed E-state index contributed by atoms with van der Waals surface area (Å²) in [6, 6.07) is 2.31. The maximum Gasteiger partial charge on any atom is 0.306 e. The Bertz CT molecular complexity index is 745. The minimum Gasteiger partial charge on any atom is -0.469 e. The summed E-state index contributed by atoms with van der Waals surface area (Å²) >= 11 is 0. The molecule has 0 aliphatic heterocycles. The van der Waals surface area contributed by atoms with Gasteiger partial charge in [-0.2, -0.15) is 0 Å². The molecule has 0 fully saturated rings. The number of nitrogens with one attached hydrogen (secondary N) is 1. The molecule has 0 spiro atoms. The van der Waals surface area contributed by atoms with Crippen LogP contribution in [0.5, 0.6) is 0 Å². The number of carbonyl (C=O) groups excluding carboxylic acids is 1. The summed E-state index contributed by atoms with van der Waals surface area (Å²) in [6.07, 6.45) is -0.400. The molecule has 1 aromatic carbocycles. The molecule has 0 saturated heterocycles. The number of esters is 1. The minimum absolute atomic E-state index is 0.316. The summed E-state index contributed by atoms with van der Waals surface area (Å²) in [7, 11) is -7.05. The molecule has 1 aromatic rings. The van der Waals surface area contributed by atoms with Gasteiger partial charge in [-0.1, -0.05) is 0 Å². The Morgan fingerprint density at radius 2 is 1.90 bits per heavy atom. The highest BCUT2D eigenvalue weighted by atomic mass is 32.2. The first-order chi connectivity index (χ1) is 9.53. The Kier molecular flexibility index (Phi) is 5.25. The monoisotopic (exact) mass is 340 g/mol. The molecule has 1 rings (SSSR count). The van der Waals surface area contributed by atoms with E-state index in [1.807, 2.05) is 4.72 Å². The van der Waals surface area contributed by atoms with Gasteiger partial charge >= 0.3 is 5.97 Å².